The number of hydrogen-bond donors (Lipinski definition) is 1. The van der Waals surface area contributed by atoms with Crippen molar-refractivity contribution in [1.29, 1.82) is 0 Å². The summed E-state index contributed by atoms with van der Waals surface area (Å²) in [5.74, 6) is 0.842. The zero-order valence-corrected chi connectivity index (χ0v) is 13.5. The maximum Gasteiger partial charge on any atom is 0.293 e. The molecule has 1 saturated carbocycles. The predicted octanol–water partition coefficient (Wildman–Crippen LogP) is 2.47. The van der Waals surface area contributed by atoms with Gasteiger partial charge in [0.2, 0.25) is 5.13 Å². The Morgan fingerprint density at radius 3 is 2.96 bits per heavy atom. The highest BCUT2D eigenvalue weighted by Crippen LogP contribution is 2.42. The fourth-order valence-electron chi connectivity index (χ4n) is 2.28. The third-order valence-corrected chi connectivity index (χ3v) is 4.70. The molecular weight excluding hydrogens is 328 g/mol. The normalized spacial score (nSPS) is 13.8. The van der Waals surface area contributed by atoms with Gasteiger partial charge in [0.1, 0.15) is 10.8 Å². The van der Waals surface area contributed by atoms with E-state index in [0.717, 1.165) is 17.8 Å². The van der Waals surface area contributed by atoms with Crippen LogP contribution in [0.3, 0.4) is 0 Å². The minimum atomic E-state index is -0.375. The lowest BCUT2D eigenvalue weighted by Crippen LogP contribution is -2.18. The van der Waals surface area contributed by atoms with Crippen LogP contribution in [0.25, 0.3) is 0 Å². The maximum absolute atomic E-state index is 12.2. The maximum atomic E-state index is 12.2. The zero-order valence-electron chi connectivity index (χ0n) is 12.6. The molecule has 7 nitrogen and oxygen atoms in total. The summed E-state index contributed by atoms with van der Waals surface area (Å²) in [5.41, 5.74) is -0.124. The molecule has 3 heterocycles. The van der Waals surface area contributed by atoms with E-state index in [1.165, 1.54) is 22.0 Å². The van der Waals surface area contributed by atoms with Gasteiger partial charge in [0.25, 0.3) is 11.5 Å². The minimum absolute atomic E-state index is 0.124. The molecule has 24 heavy (non-hydrogen) atoms. The van der Waals surface area contributed by atoms with Gasteiger partial charge in [0.15, 0.2) is 5.76 Å². The number of nitrogens with zero attached hydrogens (tertiary/aromatic N) is 3. The average Bonchev–Trinajstić information content (AvgIpc) is 3.14. The van der Waals surface area contributed by atoms with Crippen LogP contribution in [-0.4, -0.2) is 20.7 Å². The van der Waals surface area contributed by atoms with Crippen LogP contribution in [0.15, 0.2) is 45.7 Å². The van der Waals surface area contributed by atoms with Crippen molar-refractivity contribution in [3.63, 3.8) is 0 Å². The number of amides is 1. The molecule has 4 rings (SSSR count). The van der Waals surface area contributed by atoms with Gasteiger partial charge in [-0.2, -0.15) is 0 Å². The highest BCUT2D eigenvalue weighted by Gasteiger charge is 2.28. The van der Waals surface area contributed by atoms with E-state index in [1.54, 1.807) is 30.5 Å². The van der Waals surface area contributed by atoms with Gasteiger partial charge in [-0.1, -0.05) is 17.4 Å². The summed E-state index contributed by atoms with van der Waals surface area (Å²) < 4.78 is 7.03. The number of carbonyl (C=O) groups is 1. The summed E-state index contributed by atoms with van der Waals surface area (Å²) in [6, 6.07) is 8.19. The van der Waals surface area contributed by atoms with Crippen molar-refractivity contribution < 1.29 is 9.21 Å². The van der Waals surface area contributed by atoms with Crippen LogP contribution in [0.5, 0.6) is 0 Å². The van der Waals surface area contributed by atoms with Crippen LogP contribution in [0.2, 0.25) is 0 Å². The summed E-state index contributed by atoms with van der Waals surface area (Å²) in [6.45, 7) is 0.275. The lowest BCUT2D eigenvalue weighted by atomic mass is 10.4. The molecule has 1 fully saturated rings. The topological polar surface area (TPSA) is 90.0 Å². The van der Waals surface area contributed by atoms with Crippen LogP contribution in [-0.2, 0) is 6.54 Å². The molecule has 0 aromatic carbocycles. The molecular formula is C16H14N4O3S. The van der Waals surface area contributed by atoms with Crippen LogP contribution in [0, 0.1) is 0 Å². The first kappa shape index (κ1) is 14.8. The Labute approximate surface area is 141 Å². The van der Waals surface area contributed by atoms with E-state index in [0.29, 0.717) is 16.8 Å². The number of hydrogen-bond acceptors (Lipinski definition) is 6. The van der Waals surface area contributed by atoms with Crippen LogP contribution in [0.4, 0.5) is 5.13 Å². The third-order valence-electron chi connectivity index (χ3n) is 3.70. The van der Waals surface area contributed by atoms with Gasteiger partial charge in [-0.25, -0.2) is 0 Å². The molecule has 0 saturated heterocycles. The molecule has 1 aliphatic carbocycles. The first-order chi connectivity index (χ1) is 11.7. The van der Waals surface area contributed by atoms with Crippen molar-refractivity contribution in [3.8, 4) is 0 Å². The zero-order chi connectivity index (χ0) is 16.5. The highest BCUT2D eigenvalue weighted by atomic mass is 32.1. The van der Waals surface area contributed by atoms with Gasteiger partial charge < -0.3 is 8.98 Å². The van der Waals surface area contributed by atoms with Crippen molar-refractivity contribution in [2.24, 2.45) is 0 Å². The van der Waals surface area contributed by atoms with E-state index in [4.69, 9.17) is 4.42 Å². The minimum Gasteiger partial charge on any atom is -0.454 e. The Balaban J connectivity index is 1.44. The highest BCUT2D eigenvalue weighted by molar-refractivity contribution is 7.15. The van der Waals surface area contributed by atoms with Crippen molar-refractivity contribution in [2.45, 2.75) is 25.3 Å². The molecule has 8 heteroatoms. The fraction of sp³-hybridized carbons (Fsp3) is 0.250. The second-order valence-electron chi connectivity index (χ2n) is 5.61. The molecule has 1 aliphatic rings. The summed E-state index contributed by atoms with van der Waals surface area (Å²) in [7, 11) is 0. The summed E-state index contributed by atoms with van der Waals surface area (Å²) >= 11 is 1.40. The number of aromatic nitrogens is 3. The van der Waals surface area contributed by atoms with E-state index in [-0.39, 0.29) is 23.8 Å². The number of anilines is 1. The molecule has 0 aliphatic heterocycles. The molecule has 0 radical (unpaired) electrons. The van der Waals surface area contributed by atoms with Gasteiger partial charge in [0.05, 0.1) is 6.54 Å². The Hall–Kier alpha value is -2.74. The molecule has 0 atom stereocenters. The van der Waals surface area contributed by atoms with Gasteiger partial charge in [-0.05, 0) is 31.0 Å². The summed E-state index contributed by atoms with van der Waals surface area (Å²) in [4.78, 5) is 23.9. The third kappa shape index (κ3) is 3.13. The van der Waals surface area contributed by atoms with E-state index < -0.39 is 0 Å². The number of pyridine rings is 1. The Morgan fingerprint density at radius 1 is 1.29 bits per heavy atom. The fourth-order valence-corrected chi connectivity index (χ4v) is 3.19. The molecule has 122 valence electrons. The van der Waals surface area contributed by atoms with E-state index in [9.17, 15) is 9.59 Å². The molecule has 0 unspecified atom stereocenters. The molecule has 0 bridgehead atoms. The van der Waals surface area contributed by atoms with Crippen molar-refractivity contribution in [3.05, 3.63) is 63.4 Å². The van der Waals surface area contributed by atoms with Gasteiger partial charge in [0, 0.05) is 18.2 Å². The van der Waals surface area contributed by atoms with Gasteiger partial charge >= 0.3 is 0 Å². The second kappa shape index (κ2) is 6.04. The predicted molar refractivity (Wildman–Crippen MR) is 88.3 cm³/mol. The van der Waals surface area contributed by atoms with Crippen molar-refractivity contribution >= 4 is 22.4 Å². The number of nitrogens with one attached hydrogen (secondary N) is 1. The Morgan fingerprint density at radius 2 is 2.17 bits per heavy atom. The van der Waals surface area contributed by atoms with E-state index in [1.807, 2.05) is 0 Å². The number of furan rings is 1. The average molecular weight is 342 g/mol. The van der Waals surface area contributed by atoms with Gasteiger partial charge in [-0.15, -0.1) is 10.2 Å². The second-order valence-corrected chi connectivity index (χ2v) is 6.62. The lowest BCUT2D eigenvalue weighted by Gasteiger charge is -2.01. The van der Waals surface area contributed by atoms with Crippen molar-refractivity contribution in [2.75, 3.05) is 5.32 Å². The van der Waals surface area contributed by atoms with Crippen LogP contribution in [0.1, 0.15) is 40.1 Å². The smallest absolute Gasteiger partial charge is 0.293 e. The molecule has 0 spiro atoms. The number of rotatable bonds is 5. The van der Waals surface area contributed by atoms with Crippen molar-refractivity contribution in [1.82, 2.24) is 14.8 Å². The molecule has 1 amide bonds. The lowest BCUT2D eigenvalue weighted by molar-refractivity contribution is 0.0994. The standard InChI is InChI=1S/C16H14N4O3S/c21-13-3-1-2-8-20(13)9-11-6-7-12(23-11)14(22)17-16-19-18-15(24-16)10-4-5-10/h1-3,6-8,10H,4-5,9H2,(H,17,19,22). The first-order valence-corrected chi connectivity index (χ1v) is 8.39. The SMILES string of the molecule is O=C(Nc1nnc(C2CC2)s1)c1ccc(Cn2ccccc2=O)o1. The van der Waals surface area contributed by atoms with Crippen LogP contribution >= 0.6 is 11.3 Å². The monoisotopic (exact) mass is 342 g/mol. The Kier molecular flexibility index (Phi) is 3.73. The Bertz CT molecular complexity index is 938. The molecule has 1 N–H and O–H groups in total. The van der Waals surface area contributed by atoms with Gasteiger partial charge in [-0.3, -0.25) is 14.9 Å². The summed E-state index contributed by atoms with van der Waals surface area (Å²) in [5, 5.41) is 12.2. The number of carbonyl (C=O) groups excluding carboxylic acids is 1. The summed E-state index contributed by atoms with van der Waals surface area (Å²) in [6.07, 6.45) is 3.96. The van der Waals surface area contributed by atoms with E-state index >= 15 is 0 Å². The first-order valence-electron chi connectivity index (χ1n) is 7.58. The van der Waals surface area contributed by atoms with E-state index in [2.05, 4.69) is 15.5 Å². The van der Waals surface area contributed by atoms with Crippen LogP contribution < -0.4 is 10.9 Å². The largest absolute Gasteiger partial charge is 0.454 e. The molecule has 3 aromatic heterocycles. The molecule has 3 aromatic rings. The quantitative estimate of drug-likeness (QED) is 0.769.